The highest BCUT2D eigenvalue weighted by Gasteiger charge is 2.27. The van der Waals surface area contributed by atoms with Gasteiger partial charge < -0.3 is 20.1 Å². The van der Waals surface area contributed by atoms with E-state index in [1.807, 2.05) is 0 Å². The van der Waals surface area contributed by atoms with Crippen LogP contribution in [0.1, 0.15) is 6.42 Å². The van der Waals surface area contributed by atoms with E-state index in [4.69, 9.17) is 20.1 Å². The van der Waals surface area contributed by atoms with Crippen LogP contribution in [0.5, 0.6) is 0 Å². The van der Waals surface area contributed by atoms with E-state index in [0.29, 0.717) is 6.42 Å². The van der Waals surface area contributed by atoms with Gasteiger partial charge in [0.15, 0.2) is 0 Å². The highest BCUT2D eigenvalue weighted by molar-refractivity contribution is 4.76. The molecule has 10 heavy (non-hydrogen) atoms. The van der Waals surface area contributed by atoms with Gasteiger partial charge in [-0.3, -0.25) is 0 Å². The van der Waals surface area contributed by atoms with Gasteiger partial charge in [0.05, 0.1) is 25.4 Å². The molecule has 0 aromatic heterocycles. The van der Waals surface area contributed by atoms with Crippen molar-refractivity contribution < 1.29 is 20.1 Å². The molecule has 3 atom stereocenters. The molecule has 0 bridgehead atoms. The molecule has 0 aliphatic carbocycles. The third-order valence-electron chi connectivity index (χ3n) is 1.65. The van der Waals surface area contributed by atoms with Crippen molar-refractivity contribution in [3.8, 4) is 0 Å². The summed E-state index contributed by atoms with van der Waals surface area (Å²) in [5.41, 5.74) is 0. The zero-order valence-electron chi connectivity index (χ0n) is 5.60. The fraction of sp³-hybridized carbons (Fsp3) is 1.00. The zero-order chi connectivity index (χ0) is 7.56. The lowest BCUT2D eigenvalue weighted by Gasteiger charge is -2.29. The zero-order valence-corrected chi connectivity index (χ0v) is 5.60. The minimum atomic E-state index is -0.789. The Labute approximate surface area is 59.1 Å². The van der Waals surface area contributed by atoms with Crippen LogP contribution >= 0.6 is 0 Å². The van der Waals surface area contributed by atoms with Crippen molar-refractivity contribution in [2.45, 2.75) is 24.7 Å². The molecule has 1 rings (SSSR count). The summed E-state index contributed by atoms with van der Waals surface area (Å²) in [4.78, 5) is 0. The third-order valence-corrected chi connectivity index (χ3v) is 1.65. The SMILES string of the molecule is OCC1C[C@H](O)[C@H](O)CO1. The summed E-state index contributed by atoms with van der Waals surface area (Å²) in [6, 6.07) is 0. The second-order valence-corrected chi connectivity index (χ2v) is 2.51. The average molecular weight is 148 g/mol. The molecule has 1 fully saturated rings. The van der Waals surface area contributed by atoms with Crippen molar-refractivity contribution in [1.29, 1.82) is 0 Å². The first-order valence-corrected chi connectivity index (χ1v) is 3.32. The smallest absolute Gasteiger partial charge is 0.103 e. The molecule has 0 aromatic rings. The normalized spacial score (nSPS) is 41.7. The number of hydrogen-bond donors (Lipinski definition) is 3. The molecular weight excluding hydrogens is 136 g/mol. The Balaban J connectivity index is 2.33. The van der Waals surface area contributed by atoms with Gasteiger partial charge in [0.25, 0.3) is 0 Å². The van der Waals surface area contributed by atoms with Crippen molar-refractivity contribution in [2.75, 3.05) is 13.2 Å². The largest absolute Gasteiger partial charge is 0.394 e. The van der Waals surface area contributed by atoms with Crippen LogP contribution in [0.3, 0.4) is 0 Å². The Bertz CT molecular complexity index is 106. The first-order chi connectivity index (χ1) is 4.74. The van der Waals surface area contributed by atoms with Gasteiger partial charge in [-0.15, -0.1) is 0 Å². The molecule has 0 saturated carbocycles. The van der Waals surface area contributed by atoms with Crippen LogP contribution in [0, 0.1) is 0 Å². The monoisotopic (exact) mass is 148 g/mol. The Morgan fingerprint density at radius 1 is 1.30 bits per heavy atom. The van der Waals surface area contributed by atoms with E-state index in [2.05, 4.69) is 0 Å². The lowest BCUT2D eigenvalue weighted by Crippen LogP contribution is -2.42. The molecule has 60 valence electrons. The third kappa shape index (κ3) is 1.67. The molecular formula is C6H12O4. The van der Waals surface area contributed by atoms with E-state index in [0.717, 1.165) is 0 Å². The summed E-state index contributed by atoms with van der Waals surface area (Å²) in [5.74, 6) is 0. The number of aliphatic hydroxyl groups is 3. The van der Waals surface area contributed by atoms with E-state index in [1.54, 1.807) is 0 Å². The standard InChI is InChI=1S/C6H12O4/c7-2-4-1-5(8)6(9)3-10-4/h4-9H,1-3H2/t4?,5-,6+/m0/s1. The van der Waals surface area contributed by atoms with Crippen LogP contribution in [0.25, 0.3) is 0 Å². The Morgan fingerprint density at radius 3 is 2.50 bits per heavy atom. The Kier molecular flexibility index (Phi) is 2.62. The molecule has 0 radical (unpaired) electrons. The summed E-state index contributed by atoms with van der Waals surface area (Å²) in [6.07, 6.45) is -1.52. The lowest BCUT2D eigenvalue weighted by atomic mass is 10.0. The molecule has 3 N–H and O–H groups in total. The second kappa shape index (κ2) is 3.30. The maximum absolute atomic E-state index is 9.04. The quantitative estimate of drug-likeness (QED) is 0.423. The van der Waals surface area contributed by atoms with Crippen LogP contribution in [-0.2, 0) is 4.74 Å². The maximum Gasteiger partial charge on any atom is 0.103 e. The average Bonchev–Trinajstić information content (AvgIpc) is 1.95. The molecule has 1 heterocycles. The van der Waals surface area contributed by atoms with Gasteiger partial charge >= 0.3 is 0 Å². The van der Waals surface area contributed by atoms with Crippen LogP contribution in [0.15, 0.2) is 0 Å². The Hall–Kier alpha value is -0.160. The number of ether oxygens (including phenoxy) is 1. The fourth-order valence-corrected chi connectivity index (χ4v) is 0.967. The molecule has 1 unspecified atom stereocenters. The number of hydrogen-bond acceptors (Lipinski definition) is 4. The Morgan fingerprint density at radius 2 is 2.00 bits per heavy atom. The molecule has 0 spiro atoms. The van der Waals surface area contributed by atoms with Gasteiger partial charge in [0.1, 0.15) is 6.10 Å². The van der Waals surface area contributed by atoms with Gasteiger partial charge in [-0.2, -0.15) is 0 Å². The highest BCUT2D eigenvalue weighted by Crippen LogP contribution is 2.13. The van der Waals surface area contributed by atoms with E-state index >= 15 is 0 Å². The first kappa shape index (κ1) is 7.94. The molecule has 4 heteroatoms. The van der Waals surface area contributed by atoms with Crippen LogP contribution in [0.2, 0.25) is 0 Å². The predicted molar refractivity (Wildman–Crippen MR) is 33.5 cm³/mol. The van der Waals surface area contributed by atoms with Crippen molar-refractivity contribution in [2.24, 2.45) is 0 Å². The van der Waals surface area contributed by atoms with E-state index in [-0.39, 0.29) is 19.3 Å². The lowest BCUT2D eigenvalue weighted by molar-refractivity contribution is -0.131. The van der Waals surface area contributed by atoms with Gasteiger partial charge in [-0.25, -0.2) is 0 Å². The number of aliphatic hydroxyl groups excluding tert-OH is 3. The van der Waals surface area contributed by atoms with E-state index in [9.17, 15) is 0 Å². The molecule has 1 aliphatic heterocycles. The number of rotatable bonds is 1. The van der Waals surface area contributed by atoms with Gasteiger partial charge in [0.2, 0.25) is 0 Å². The van der Waals surface area contributed by atoms with Crippen molar-refractivity contribution in [1.82, 2.24) is 0 Å². The molecule has 1 saturated heterocycles. The van der Waals surface area contributed by atoms with Crippen molar-refractivity contribution in [3.05, 3.63) is 0 Å². The van der Waals surface area contributed by atoms with Crippen molar-refractivity contribution in [3.63, 3.8) is 0 Å². The summed E-state index contributed by atoms with van der Waals surface area (Å²) in [6.45, 7) is 0.0240. The first-order valence-electron chi connectivity index (χ1n) is 3.32. The summed E-state index contributed by atoms with van der Waals surface area (Å²) < 4.78 is 4.95. The van der Waals surface area contributed by atoms with E-state index in [1.165, 1.54) is 0 Å². The summed E-state index contributed by atoms with van der Waals surface area (Å²) >= 11 is 0. The van der Waals surface area contributed by atoms with E-state index < -0.39 is 12.2 Å². The maximum atomic E-state index is 9.04. The fourth-order valence-electron chi connectivity index (χ4n) is 0.967. The van der Waals surface area contributed by atoms with Gasteiger partial charge in [0, 0.05) is 6.42 Å². The summed E-state index contributed by atoms with van der Waals surface area (Å²) in [5, 5.41) is 26.5. The molecule has 4 nitrogen and oxygen atoms in total. The minimum Gasteiger partial charge on any atom is -0.394 e. The van der Waals surface area contributed by atoms with Crippen molar-refractivity contribution >= 4 is 0 Å². The predicted octanol–water partition coefficient (Wildman–Crippen LogP) is -1.51. The topological polar surface area (TPSA) is 69.9 Å². The van der Waals surface area contributed by atoms with Gasteiger partial charge in [-0.1, -0.05) is 0 Å². The molecule has 0 amide bonds. The minimum absolute atomic E-state index is 0.0935. The molecule has 1 aliphatic rings. The molecule has 0 aromatic carbocycles. The second-order valence-electron chi connectivity index (χ2n) is 2.51. The van der Waals surface area contributed by atoms with Crippen LogP contribution < -0.4 is 0 Å². The summed E-state index contributed by atoms with van der Waals surface area (Å²) in [7, 11) is 0. The van der Waals surface area contributed by atoms with Gasteiger partial charge in [-0.05, 0) is 0 Å². The van der Waals surface area contributed by atoms with Crippen LogP contribution in [-0.4, -0.2) is 46.8 Å². The van der Waals surface area contributed by atoms with Crippen LogP contribution in [0.4, 0.5) is 0 Å². The highest BCUT2D eigenvalue weighted by atomic mass is 16.5.